The first-order chi connectivity index (χ1) is 17.0. The maximum Gasteiger partial charge on any atom is 0.251 e. The topological polar surface area (TPSA) is 163 Å². The number of nitrogens with zero attached hydrogens (tertiary/aromatic N) is 2. The fourth-order valence-electron chi connectivity index (χ4n) is 4.09. The molecule has 1 aliphatic heterocycles. The van der Waals surface area contributed by atoms with Crippen LogP contribution >= 0.6 is 0 Å². The molecule has 0 aromatic heterocycles. The van der Waals surface area contributed by atoms with Crippen molar-refractivity contribution in [3.05, 3.63) is 35.6 Å². The first-order valence-electron chi connectivity index (χ1n) is 12.0. The highest BCUT2D eigenvalue weighted by Crippen LogP contribution is 2.21. The molecule has 0 aliphatic carbocycles. The fraction of sp³-hybridized carbons (Fsp3) is 0.583. The third kappa shape index (κ3) is 8.14. The van der Waals surface area contributed by atoms with Gasteiger partial charge in [0.1, 0.15) is 30.7 Å². The lowest BCUT2D eigenvalue weighted by molar-refractivity contribution is -0.141. The van der Waals surface area contributed by atoms with Gasteiger partial charge in [0.2, 0.25) is 11.8 Å². The minimum atomic E-state index is -1.42. The van der Waals surface area contributed by atoms with E-state index in [4.69, 9.17) is 11.5 Å². The van der Waals surface area contributed by atoms with Crippen LogP contribution in [0.3, 0.4) is 0 Å². The molecule has 3 amide bonds. The standard InChI is InChI=1S/C24H36F2N6O4/c1-14(2)20(31-21(34)15-7-9-16(26)10-8-15)23(36)32-12-4-6-18(32)22(35)30-17(19(33)13-25)5-3-11-29-24(27)28/h7-10,14,17-20,33H,3-6,11-13H2,1-2H3,(H,30,35)(H,31,34)(H4,27,28,29)/t17-,18+,19?,20+/m1/s1. The Morgan fingerprint density at radius 3 is 2.44 bits per heavy atom. The van der Waals surface area contributed by atoms with Crippen LogP contribution in [-0.4, -0.2) is 77.7 Å². The van der Waals surface area contributed by atoms with Crippen LogP contribution in [-0.2, 0) is 9.59 Å². The summed E-state index contributed by atoms with van der Waals surface area (Å²) in [4.78, 5) is 44.4. The van der Waals surface area contributed by atoms with Crippen molar-refractivity contribution in [3.63, 3.8) is 0 Å². The van der Waals surface area contributed by atoms with Crippen LogP contribution in [0.4, 0.5) is 8.78 Å². The normalized spacial score (nSPS) is 17.8. The van der Waals surface area contributed by atoms with Crippen molar-refractivity contribution < 1.29 is 28.3 Å². The average molecular weight is 511 g/mol. The zero-order chi connectivity index (χ0) is 26.8. The van der Waals surface area contributed by atoms with Crippen molar-refractivity contribution in [2.45, 2.75) is 63.8 Å². The number of amides is 3. The van der Waals surface area contributed by atoms with E-state index in [1.54, 1.807) is 13.8 Å². The minimum absolute atomic E-state index is 0.0899. The van der Waals surface area contributed by atoms with E-state index in [1.807, 2.05) is 0 Å². The SMILES string of the molecule is CC(C)[C@H](NC(=O)c1ccc(F)cc1)C(=O)N1CCC[C@H]1C(=O)N[C@H](CCCN=C(N)N)C(O)CF. The van der Waals surface area contributed by atoms with Gasteiger partial charge in [-0.25, -0.2) is 8.78 Å². The van der Waals surface area contributed by atoms with E-state index in [-0.39, 0.29) is 30.4 Å². The van der Waals surface area contributed by atoms with Crippen LogP contribution in [0.1, 0.15) is 49.9 Å². The zero-order valence-corrected chi connectivity index (χ0v) is 20.6. The Morgan fingerprint density at radius 2 is 1.86 bits per heavy atom. The summed E-state index contributed by atoms with van der Waals surface area (Å²) in [5.41, 5.74) is 10.8. The summed E-state index contributed by atoms with van der Waals surface area (Å²) in [6.07, 6.45) is 0.175. The van der Waals surface area contributed by atoms with Crippen LogP contribution in [0.5, 0.6) is 0 Å². The quantitative estimate of drug-likeness (QED) is 0.156. The molecule has 1 fully saturated rings. The van der Waals surface area contributed by atoms with Gasteiger partial charge in [0, 0.05) is 18.7 Å². The van der Waals surface area contributed by atoms with Gasteiger partial charge in [-0.3, -0.25) is 19.4 Å². The predicted molar refractivity (Wildman–Crippen MR) is 131 cm³/mol. The Hall–Kier alpha value is -3.28. The number of guanidine groups is 1. The van der Waals surface area contributed by atoms with Crippen LogP contribution in [0.25, 0.3) is 0 Å². The molecule has 1 heterocycles. The smallest absolute Gasteiger partial charge is 0.251 e. The van der Waals surface area contributed by atoms with Crippen molar-refractivity contribution in [1.29, 1.82) is 0 Å². The van der Waals surface area contributed by atoms with Crippen LogP contribution in [0.15, 0.2) is 29.3 Å². The lowest BCUT2D eigenvalue weighted by Gasteiger charge is -2.32. The fourth-order valence-corrected chi connectivity index (χ4v) is 4.09. The molecule has 1 aromatic rings. The molecule has 0 radical (unpaired) electrons. The van der Waals surface area contributed by atoms with Gasteiger partial charge in [0.15, 0.2) is 5.96 Å². The van der Waals surface area contributed by atoms with Gasteiger partial charge in [-0.15, -0.1) is 0 Å². The molecule has 0 spiro atoms. The number of carbonyl (C=O) groups is 3. The first kappa shape index (κ1) is 29.0. The summed E-state index contributed by atoms with van der Waals surface area (Å²) in [6, 6.07) is 2.33. The van der Waals surface area contributed by atoms with E-state index in [2.05, 4.69) is 15.6 Å². The molecule has 10 nitrogen and oxygen atoms in total. The molecule has 1 aromatic carbocycles. The number of halogens is 2. The molecule has 1 aliphatic rings. The summed E-state index contributed by atoms with van der Waals surface area (Å²) >= 11 is 0. The Bertz CT molecular complexity index is 924. The highest BCUT2D eigenvalue weighted by molar-refractivity contribution is 5.98. The van der Waals surface area contributed by atoms with Crippen molar-refractivity contribution >= 4 is 23.7 Å². The predicted octanol–water partition coefficient (Wildman–Crippen LogP) is 0.440. The summed E-state index contributed by atoms with van der Waals surface area (Å²) in [5, 5.41) is 15.4. The Labute approximate surface area is 209 Å². The zero-order valence-electron chi connectivity index (χ0n) is 20.6. The molecule has 0 bridgehead atoms. The number of hydrogen-bond donors (Lipinski definition) is 5. The lowest BCUT2D eigenvalue weighted by atomic mass is 10.0. The molecule has 1 unspecified atom stereocenters. The number of hydrogen-bond acceptors (Lipinski definition) is 5. The van der Waals surface area contributed by atoms with Gasteiger partial charge < -0.3 is 32.1 Å². The van der Waals surface area contributed by atoms with Gasteiger partial charge in [-0.1, -0.05) is 13.8 Å². The van der Waals surface area contributed by atoms with Crippen molar-refractivity contribution in [3.8, 4) is 0 Å². The monoisotopic (exact) mass is 510 g/mol. The maximum absolute atomic E-state index is 13.4. The average Bonchev–Trinajstić information content (AvgIpc) is 3.33. The van der Waals surface area contributed by atoms with Crippen molar-refractivity contribution in [1.82, 2.24) is 15.5 Å². The number of nitrogens with two attached hydrogens (primary N) is 2. The molecule has 0 saturated carbocycles. The summed E-state index contributed by atoms with van der Waals surface area (Å²) in [5.74, 6) is -2.33. The number of nitrogens with one attached hydrogen (secondary N) is 2. The number of likely N-dealkylation sites (tertiary alicyclic amines) is 1. The number of benzene rings is 1. The number of aliphatic hydroxyl groups excluding tert-OH is 1. The second-order valence-electron chi connectivity index (χ2n) is 9.18. The molecule has 7 N–H and O–H groups in total. The maximum atomic E-state index is 13.4. The van der Waals surface area contributed by atoms with Gasteiger partial charge >= 0.3 is 0 Å². The minimum Gasteiger partial charge on any atom is -0.388 e. The summed E-state index contributed by atoms with van der Waals surface area (Å²) in [7, 11) is 0. The largest absolute Gasteiger partial charge is 0.388 e. The number of aliphatic imine (C=N–C) groups is 1. The van der Waals surface area contributed by atoms with Gasteiger partial charge in [-0.05, 0) is 55.9 Å². The Morgan fingerprint density at radius 1 is 1.19 bits per heavy atom. The van der Waals surface area contributed by atoms with E-state index >= 15 is 0 Å². The van der Waals surface area contributed by atoms with Gasteiger partial charge in [0.05, 0.1) is 6.04 Å². The van der Waals surface area contributed by atoms with Crippen molar-refractivity contribution in [2.24, 2.45) is 22.4 Å². The van der Waals surface area contributed by atoms with E-state index in [0.29, 0.717) is 25.8 Å². The van der Waals surface area contributed by atoms with E-state index in [0.717, 1.165) is 12.1 Å². The van der Waals surface area contributed by atoms with Crippen LogP contribution in [0.2, 0.25) is 0 Å². The third-order valence-electron chi connectivity index (χ3n) is 6.08. The Kier molecular flexibility index (Phi) is 11.0. The highest BCUT2D eigenvalue weighted by atomic mass is 19.1. The molecule has 12 heteroatoms. The van der Waals surface area contributed by atoms with Crippen molar-refractivity contribution in [2.75, 3.05) is 19.8 Å². The second-order valence-corrected chi connectivity index (χ2v) is 9.18. The molecular weight excluding hydrogens is 474 g/mol. The number of carbonyl (C=O) groups excluding carboxylic acids is 3. The number of rotatable bonds is 12. The van der Waals surface area contributed by atoms with Crippen LogP contribution in [0, 0.1) is 11.7 Å². The van der Waals surface area contributed by atoms with E-state index in [1.165, 1.54) is 17.0 Å². The molecule has 1 saturated heterocycles. The second kappa shape index (κ2) is 13.7. The highest BCUT2D eigenvalue weighted by Gasteiger charge is 2.39. The van der Waals surface area contributed by atoms with E-state index in [9.17, 15) is 28.3 Å². The first-order valence-corrected chi connectivity index (χ1v) is 12.0. The number of aliphatic hydroxyl groups is 1. The summed E-state index contributed by atoms with van der Waals surface area (Å²) in [6.45, 7) is 3.05. The van der Waals surface area contributed by atoms with Crippen LogP contribution < -0.4 is 22.1 Å². The van der Waals surface area contributed by atoms with Gasteiger partial charge in [-0.2, -0.15) is 0 Å². The molecule has 200 valence electrons. The molecular formula is C24H36F2N6O4. The Balaban J connectivity index is 2.09. The third-order valence-corrected chi connectivity index (χ3v) is 6.08. The van der Waals surface area contributed by atoms with Gasteiger partial charge in [0.25, 0.3) is 5.91 Å². The molecule has 2 rings (SSSR count). The number of alkyl halides is 1. The lowest BCUT2D eigenvalue weighted by Crippen LogP contribution is -2.57. The summed E-state index contributed by atoms with van der Waals surface area (Å²) < 4.78 is 26.4. The molecule has 36 heavy (non-hydrogen) atoms. The molecule has 4 atom stereocenters. The van der Waals surface area contributed by atoms with E-state index < -0.39 is 54.4 Å².